The van der Waals surface area contributed by atoms with Gasteiger partial charge in [0.1, 0.15) is 0 Å². The van der Waals surface area contributed by atoms with Crippen molar-refractivity contribution >= 4 is 10.4 Å². The summed E-state index contributed by atoms with van der Waals surface area (Å²) in [7, 11) is -4.37. The minimum absolute atomic E-state index is 0.0443. The Morgan fingerprint density at radius 2 is 1.62 bits per heavy atom. The molecule has 4 aliphatic rings. The van der Waals surface area contributed by atoms with E-state index in [1.807, 2.05) is 6.92 Å². The van der Waals surface area contributed by atoms with Crippen molar-refractivity contribution in [1.29, 1.82) is 0 Å². The summed E-state index contributed by atoms with van der Waals surface area (Å²) in [6.07, 6.45) is 8.65. The SMILES string of the molecule is C[C@]12CC[C@@H](OS(=O)(=O)O)C[C@H]1CC[C@@H]1[C@@H]2CC[C@@]2(C)[C@H]1CC[C@]2(C)O. The van der Waals surface area contributed by atoms with E-state index in [0.29, 0.717) is 30.1 Å². The van der Waals surface area contributed by atoms with E-state index in [1.54, 1.807) is 0 Å². The van der Waals surface area contributed by atoms with Gasteiger partial charge in [0.05, 0.1) is 11.7 Å². The molecule has 0 unspecified atom stereocenters. The molecule has 4 saturated carbocycles. The van der Waals surface area contributed by atoms with Crippen LogP contribution in [0.3, 0.4) is 0 Å². The van der Waals surface area contributed by atoms with Gasteiger partial charge in [-0.15, -0.1) is 0 Å². The molecule has 0 spiro atoms. The second kappa shape index (κ2) is 5.91. The van der Waals surface area contributed by atoms with Gasteiger partial charge in [-0.3, -0.25) is 4.55 Å². The fraction of sp³-hybridized carbons (Fsp3) is 1.00. The standard InChI is InChI=1S/C20H34O5S/c1-18-9-6-14(25-26(22,23)24)12-13(18)4-5-15-16(18)7-10-19(2)17(15)8-11-20(19,3)21/h13-17,21H,4-12H2,1-3H3,(H,22,23,24)/t13-,14-,15-,16+,17+,18+,19+,20+/m1/s1. The van der Waals surface area contributed by atoms with Crippen LogP contribution in [0.25, 0.3) is 0 Å². The average molecular weight is 387 g/mol. The van der Waals surface area contributed by atoms with Gasteiger partial charge in [0.2, 0.25) is 0 Å². The highest BCUT2D eigenvalue weighted by Gasteiger charge is 2.63. The molecule has 8 atom stereocenters. The highest BCUT2D eigenvalue weighted by atomic mass is 32.3. The van der Waals surface area contributed by atoms with Crippen LogP contribution in [0.1, 0.15) is 78.6 Å². The topological polar surface area (TPSA) is 83.8 Å². The lowest BCUT2D eigenvalue weighted by Gasteiger charge is -2.61. The first kappa shape index (κ1) is 19.2. The van der Waals surface area contributed by atoms with Gasteiger partial charge in [-0.25, -0.2) is 4.18 Å². The predicted octanol–water partition coefficient (Wildman–Crippen LogP) is 3.97. The number of rotatable bonds is 2. The lowest BCUT2D eigenvalue weighted by atomic mass is 9.44. The molecule has 0 saturated heterocycles. The first-order valence-electron chi connectivity index (χ1n) is 10.3. The van der Waals surface area contributed by atoms with Gasteiger partial charge in [-0.05, 0) is 99.2 Å². The third kappa shape index (κ3) is 2.78. The van der Waals surface area contributed by atoms with E-state index < -0.39 is 16.0 Å². The van der Waals surface area contributed by atoms with E-state index in [0.717, 1.165) is 38.5 Å². The molecule has 5 nitrogen and oxygen atoms in total. The Bertz CT molecular complexity index is 674. The zero-order valence-corrected chi connectivity index (χ0v) is 17.1. The summed E-state index contributed by atoms with van der Waals surface area (Å²) in [5, 5.41) is 11.0. The maximum absolute atomic E-state index is 11.1. The Labute approximate surface area is 157 Å². The fourth-order valence-electron chi connectivity index (χ4n) is 7.72. The van der Waals surface area contributed by atoms with Crippen LogP contribution in [0.15, 0.2) is 0 Å². The van der Waals surface area contributed by atoms with Crippen LogP contribution < -0.4 is 0 Å². The van der Waals surface area contributed by atoms with E-state index in [9.17, 15) is 13.5 Å². The summed E-state index contributed by atoms with van der Waals surface area (Å²) in [6, 6.07) is 0. The average Bonchev–Trinajstić information content (AvgIpc) is 2.76. The van der Waals surface area contributed by atoms with Gasteiger partial charge in [0, 0.05) is 0 Å². The minimum atomic E-state index is -4.37. The van der Waals surface area contributed by atoms with Crippen molar-refractivity contribution < 1.29 is 22.3 Å². The number of aliphatic hydroxyl groups is 1. The van der Waals surface area contributed by atoms with Crippen molar-refractivity contribution in [3.8, 4) is 0 Å². The summed E-state index contributed by atoms with van der Waals surface area (Å²) >= 11 is 0. The molecule has 0 heterocycles. The lowest BCUT2D eigenvalue weighted by molar-refractivity contribution is -0.152. The summed E-state index contributed by atoms with van der Waals surface area (Å²) < 4.78 is 36.1. The lowest BCUT2D eigenvalue weighted by Crippen LogP contribution is -2.56. The molecule has 150 valence electrons. The van der Waals surface area contributed by atoms with Crippen molar-refractivity contribution in [2.24, 2.45) is 34.5 Å². The minimum Gasteiger partial charge on any atom is -0.390 e. The van der Waals surface area contributed by atoms with Gasteiger partial charge in [-0.1, -0.05) is 13.8 Å². The molecule has 0 bridgehead atoms. The molecule has 0 aromatic heterocycles. The van der Waals surface area contributed by atoms with Crippen LogP contribution in [0.5, 0.6) is 0 Å². The zero-order valence-electron chi connectivity index (χ0n) is 16.3. The summed E-state index contributed by atoms with van der Waals surface area (Å²) in [6.45, 7) is 6.76. The smallest absolute Gasteiger partial charge is 0.390 e. The van der Waals surface area contributed by atoms with Crippen molar-refractivity contribution in [1.82, 2.24) is 0 Å². The molecule has 0 aromatic carbocycles. The molecule has 6 heteroatoms. The Balaban J connectivity index is 1.54. The van der Waals surface area contributed by atoms with Crippen LogP contribution in [0, 0.1) is 34.5 Å². The van der Waals surface area contributed by atoms with E-state index in [1.165, 1.54) is 12.8 Å². The van der Waals surface area contributed by atoms with Crippen LogP contribution in [-0.4, -0.2) is 29.8 Å². The molecule has 2 N–H and O–H groups in total. The quantitative estimate of drug-likeness (QED) is 0.702. The van der Waals surface area contributed by atoms with Crippen molar-refractivity contribution in [3.05, 3.63) is 0 Å². The summed E-state index contributed by atoms with van der Waals surface area (Å²) in [5.74, 6) is 2.43. The third-order valence-corrected chi connectivity index (χ3v) is 9.95. The normalized spacial score (nSPS) is 54.3. The van der Waals surface area contributed by atoms with Gasteiger partial charge >= 0.3 is 10.4 Å². The van der Waals surface area contributed by atoms with Gasteiger partial charge in [0.15, 0.2) is 0 Å². The molecule has 4 rings (SSSR count). The Morgan fingerprint density at radius 3 is 2.31 bits per heavy atom. The van der Waals surface area contributed by atoms with Crippen LogP contribution in [0.4, 0.5) is 0 Å². The predicted molar refractivity (Wildman–Crippen MR) is 98.8 cm³/mol. The molecular weight excluding hydrogens is 352 g/mol. The molecular formula is C20H34O5S. The van der Waals surface area contributed by atoms with E-state index in [2.05, 4.69) is 13.8 Å². The van der Waals surface area contributed by atoms with Gasteiger partial charge in [0.25, 0.3) is 0 Å². The highest BCUT2D eigenvalue weighted by molar-refractivity contribution is 7.80. The first-order valence-corrected chi connectivity index (χ1v) is 11.7. The maximum Gasteiger partial charge on any atom is 0.397 e. The van der Waals surface area contributed by atoms with Crippen LogP contribution in [0.2, 0.25) is 0 Å². The largest absolute Gasteiger partial charge is 0.397 e. The maximum atomic E-state index is 11.1. The molecule has 26 heavy (non-hydrogen) atoms. The monoisotopic (exact) mass is 386 g/mol. The highest BCUT2D eigenvalue weighted by Crippen LogP contribution is 2.68. The molecule has 0 aromatic rings. The molecule has 0 amide bonds. The molecule has 4 aliphatic carbocycles. The number of hydrogen-bond acceptors (Lipinski definition) is 4. The van der Waals surface area contributed by atoms with Crippen molar-refractivity contribution in [2.45, 2.75) is 90.3 Å². The number of hydrogen-bond donors (Lipinski definition) is 2. The second-order valence-electron chi connectivity index (χ2n) is 10.3. The van der Waals surface area contributed by atoms with Crippen molar-refractivity contribution in [3.63, 3.8) is 0 Å². The zero-order chi connectivity index (χ0) is 19.0. The van der Waals surface area contributed by atoms with Gasteiger partial charge in [-0.2, -0.15) is 8.42 Å². The Hall–Kier alpha value is -0.170. The van der Waals surface area contributed by atoms with E-state index in [4.69, 9.17) is 8.74 Å². The fourth-order valence-corrected chi connectivity index (χ4v) is 8.24. The number of fused-ring (bicyclic) bond motifs is 5. The summed E-state index contributed by atoms with van der Waals surface area (Å²) in [4.78, 5) is 0. The van der Waals surface area contributed by atoms with Crippen LogP contribution >= 0.6 is 0 Å². The van der Waals surface area contributed by atoms with Gasteiger partial charge < -0.3 is 5.11 Å². The molecule has 4 fully saturated rings. The summed E-state index contributed by atoms with van der Waals surface area (Å²) in [5.41, 5.74) is -0.262. The van der Waals surface area contributed by atoms with E-state index >= 15 is 0 Å². The molecule has 0 aliphatic heterocycles. The Morgan fingerprint density at radius 1 is 0.923 bits per heavy atom. The Kier molecular flexibility index (Phi) is 4.36. The first-order chi connectivity index (χ1) is 12.0. The van der Waals surface area contributed by atoms with E-state index in [-0.39, 0.29) is 16.9 Å². The second-order valence-corrected chi connectivity index (χ2v) is 11.4. The molecule has 0 radical (unpaired) electrons. The van der Waals surface area contributed by atoms with Crippen LogP contribution in [-0.2, 0) is 14.6 Å². The third-order valence-electron chi connectivity index (χ3n) is 9.44. The van der Waals surface area contributed by atoms with Crippen molar-refractivity contribution in [2.75, 3.05) is 0 Å².